The fourth-order valence-electron chi connectivity index (χ4n) is 5.12. The summed E-state index contributed by atoms with van der Waals surface area (Å²) >= 11 is 0. The van der Waals surface area contributed by atoms with Crippen LogP contribution in [0.4, 0.5) is 26.3 Å². The molecule has 1 amide bonds. The SMILES string of the molecule is CCCCCCCCCCCCCCCCOC(=O)C1CCCN1C(=O)c1cc(C(F)(F)F)ccc1C(F)(F)F. The van der Waals surface area contributed by atoms with Crippen LogP contribution in [0.2, 0.25) is 0 Å². The van der Waals surface area contributed by atoms with Crippen molar-refractivity contribution in [3.05, 3.63) is 34.9 Å². The smallest absolute Gasteiger partial charge is 0.417 e. The average Bonchev–Trinajstić information content (AvgIpc) is 3.39. The summed E-state index contributed by atoms with van der Waals surface area (Å²) in [6, 6.07) is -0.351. The third-order valence-corrected chi connectivity index (χ3v) is 7.41. The number of benzene rings is 1. The molecule has 0 N–H and O–H groups in total. The molecule has 40 heavy (non-hydrogen) atoms. The topological polar surface area (TPSA) is 46.6 Å². The zero-order chi connectivity index (χ0) is 29.6. The van der Waals surface area contributed by atoms with Crippen molar-refractivity contribution in [1.82, 2.24) is 4.90 Å². The molecule has 0 saturated carbocycles. The van der Waals surface area contributed by atoms with Crippen LogP contribution < -0.4 is 0 Å². The minimum Gasteiger partial charge on any atom is -0.464 e. The van der Waals surface area contributed by atoms with Crippen LogP contribution in [-0.2, 0) is 21.9 Å². The minimum absolute atomic E-state index is 0.0367. The Bertz CT molecular complexity index is 916. The van der Waals surface area contributed by atoms with Gasteiger partial charge in [0.1, 0.15) is 6.04 Å². The molecule has 228 valence electrons. The van der Waals surface area contributed by atoms with E-state index >= 15 is 0 Å². The highest BCUT2D eigenvalue weighted by molar-refractivity contribution is 5.98. The highest BCUT2D eigenvalue weighted by Gasteiger charge is 2.42. The fourth-order valence-corrected chi connectivity index (χ4v) is 5.12. The predicted octanol–water partition coefficient (Wildman–Crippen LogP) is 9.35. The largest absolute Gasteiger partial charge is 0.464 e. The average molecular weight is 580 g/mol. The summed E-state index contributed by atoms with van der Waals surface area (Å²) in [5.41, 5.74) is -3.94. The quantitative estimate of drug-likeness (QED) is 0.105. The Hall–Kier alpha value is -2.26. The van der Waals surface area contributed by atoms with Crippen molar-refractivity contribution < 1.29 is 40.7 Å². The first-order chi connectivity index (χ1) is 19.0. The lowest BCUT2D eigenvalue weighted by Crippen LogP contribution is -2.42. The lowest BCUT2D eigenvalue weighted by molar-refractivity contribution is -0.148. The van der Waals surface area contributed by atoms with E-state index in [0.29, 0.717) is 18.9 Å². The van der Waals surface area contributed by atoms with Gasteiger partial charge >= 0.3 is 18.3 Å². The van der Waals surface area contributed by atoms with Crippen LogP contribution in [0.3, 0.4) is 0 Å². The van der Waals surface area contributed by atoms with Gasteiger partial charge in [-0.2, -0.15) is 26.3 Å². The standard InChI is InChI=1S/C30H43F6NO3/c1-2-3-4-5-6-7-8-9-10-11-12-13-14-15-21-40-28(39)26-17-16-20-37(26)27(38)24-22-23(29(31,32)33)18-19-25(24)30(34,35)36/h18-19,22,26H,2-17,20-21H2,1H3. The molecule has 0 aliphatic carbocycles. The predicted molar refractivity (Wildman–Crippen MR) is 142 cm³/mol. The van der Waals surface area contributed by atoms with Crippen LogP contribution in [0.15, 0.2) is 18.2 Å². The number of nitrogens with zero attached hydrogens (tertiary/aromatic N) is 1. The van der Waals surface area contributed by atoms with Gasteiger partial charge in [-0.3, -0.25) is 4.79 Å². The molecule has 0 spiro atoms. The molecule has 1 aliphatic heterocycles. The molecule has 0 aromatic heterocycles. The maximum atomic E-state index is 13.5. The maximum absolute atomic E-state index is 13.5. The van der Waals surface area contributed by atoms with Gasteiger partial charge in [0, 0.05) is 6.54 Å². The van der Waals surface area contributed by atoms with E-state index in [1.807, 2.05) is 0 Å². The van der Waals surface area contributed by atoms with E-state index in [9.17, 15) is 35.9 Å². The Morgan fingerprint density at radius 3 is 1.82 bits per heavy atom. The molecular weight excluding hydrogens is 536 g/mol. The van der Waals surface area contributed by atoms with Crippen molar-refractivity contribution in [3.8, 4) is 0 Å². The van der Waals surface area contributed by atoms with Crippen LogP contribution in [0.25, 0.3) is 0 Å². The number of esters is 1. The van der Waals surface area contributed by atoms with Crippen LogP contribution in [0, 0.1) is 0 Å². The summed E-state index contributed by atoms with van der Waals surface area (Å²) < 4.78 is 85.1. The minimum atomic E-state index is -5.03. The number of carbonyl (C=O) groups is 2. The third kappa shape index (κ3) is 11.3. The first-order valence-electron chi connectivity index (χ1n) is 14.7. The number of rotatable bonds is 17. The first-order valence-corrected chi connectivity index (χ1v) is 14.7. The molecule has 4 nitrogen and oxygen atoms in total. The second-order valence-corrected chi connectivity index (χ2v) is 10.7. The van der Waals surface area contributed by atoms with Gasteiger partial charge < -0.3 is 9.64 Å². The molecule has 1 fully saturated rings. The number of likely N-dealkylation sites (tertiary alicyclic amines) is 1. The number of alkyl halides is 6. The second kappa shape index (κ2) is 16.9. The number of hydrogen-bond donors (Lipinski definition) is 0. The molecule has 0 radical (unpaired) electrons. The summed E-state index contributed by atoms with van der Waals surface area (Å²) in [6.45, 7) is 2.31. The molecule has 1 aliphatic rings. The number of hydrogen-bond acceptors (Lipinski definition) is 3. The molecular formula is C30H43F6NO3. The van der Waals surface area contributed by atoms with Crippen LogP contribution in [-0.4, -0.2) is 36.0 Å². The fraction of sp³-hybridized carbons (Fsp3) is 0.733. The molecule has 1 unspecified atom stereocenters. The third-order valence-electron chi connectivity index (χ3n) is 7.41. The number of ether oxygens (including phenoxy) is 1. The molecule has 1 aromatic carbocycles. The van der Waals surface area contributed by atoms with Gasteiger partial charge in [-0.05, 0) is 37.5 Å². The molecule has 10 heteroatoms. The Morgan fingerprint density at radius 2 is 1.32 bits per heavy atom. The van der Waals surface area contributed by atoms with Gasteiger partial charge in [0.15, 0.2) is 0 Å². The second-order valence-electron chi connectivity index (χ2n) is 10.7. The number of unbranched alkanes of at least 4 members (excludes halogenated alkanes) is 13. The molecule has 1 aromatic rings. The Labute approximate surface area is 233 Å². The van der Waals surface area contributed by atoms with Crippen molar-refractivity contribution in [2.75, 3.05) is 13.2 Å². The Morgan fingerprint density at radius 1 is 0.800 bits per heavy atom. The summed E-state index contributed by atoms with van der Waals surface area (Å²) in [6.07, 6.45) is 7.03. The summed E-state index contributed by atoms with van der Waals surface area (Å²) in [5.74, 6) is -1.99. The number of amides is 1. The van der Waals surface area contributed by atoms with Gasteiger partial charge in [-0.1, -0.05) is 90.4 Å². The van der Waals surface area contributed by atoms with E-state index in [1.54, 1.807) is 0 Å². The van der Waals surface area contributed by atoms with Gasteiger partial charge in [-0.25, -0.2) is 4.79 Å². The van der Waals surface area contributed by atoms with Crippen molar-refractivity contribution in [2.45, 2.75) is 128 Å². The Balaban J connectivity index is 1.73. The van der Waals surface area contributed by atoms with E-state index in [4.69, 9.17) is 4.74 Å². The number of halogens is 6. The van der Waals surface area contributed by atoms with E-state index in [-0.39, 0.29) is 31.7 Å². The van der Waals surface area contributed by atoms with Crippen LogP contribution >= 0.6 is 0 Å². The first kappa shape index (κ1) is 33.9. The summed E-state index contributed by atoms with van der Waals surface area (Å²) in [5, 5.41) is 0. The van der Waals surface area contributed by atoms with E-state index in [2.05, 4.69) is 6.92 Å². The molecule has 1 saturated heterocycles. The highest BCUT2D eigenvalue weighted by atomic mass is 19.4. The van der Waals surface area contributed by atoms with Gasteiger partial charge in [0.25, 0.3) is 5.91 Å². The van der Waals surface area contributed by atoms with E-state index in [1.165, 1.54) is 64.2 Å². The highest BCUT2D eigenvalue weighted by Crippen LogP contribution is 2.37. The normalized spacial score (nSPS) is 16.0. The van der Waals surface area contributed by atoms with Crippen molar-refractivity contribution in [3.63, 3.8) is 0 Å². The van der Waals surface area contributed by atoms with Crippen molar-refractivity contribution in [2.24, 2.45) is 0 Å². The van der Waals surface area contributed by atoms with Crippen LogP contribution in [0.1, 0.15) is 131 Å². The zero-order valence-electron chi connectivity index (χ0n) is 23.5. The monoisotopic (exact) mass is 579 g/mol. The molecule has 2 rings (SSSR count). The summed E-state index contributed by atoms with van der Waals surface area (Å²) in [4.78, 5) is 26.5. The molecule has 0 bridgehead atoms. The maximum Gasteiger partial charge on any atom is 0.417 e. The lowest BCUT2D eigenvalue weighted by Gasteiger charge is -2.25. The molecule has 1 heterocycles. The molecule has 1 atom stereocenters. The van der Waals surface area contributed by atoms with Crippen molar-refractivity contribution in [1.29, 1.82) is 0 Å². The van der Waals surface area contributed by atoms with Crippen molar-refractivity contribution >= 4 is 11.9 Å². The Kier molecular flexibility index (Phi) is 14.3. The van der Waals surface area contributed by atoms with E-state index < -0.39 is 47.0 Å². The zero-order valence-corrected chi connectivity index (χ0v) is 23.5. The van der Waals surface area contributed by atoms with Crippen LogP contribution in [0.5, 0.6) is 0 Å². The summed E-state index contributed by atoms with van der Waals surface area (Å²) in [7, 11) is 0. The lowest BCUT2D eigenvalue weighted by atomic mass is 10.0. The van der Waals surface area contributed by atoms with Gasteiger partial charge in [0.2, 0.25) is 0 Å². The van der Waals surface area contributed by atoms with Gasteiger partial charge in [-0.15, -0.1) is 0 Å². The van der Waals surface area contributed by atoms with Gasteiger partial charge in [0.05, 0.1) is 23.3 Å². The van der Waals surface area contributed by atoms with E-state index in [0.717, 1.165) is 24.2 Å². The number of carbonyl (C=O) groups excluding carboxylic acids is 2.